The maximum Gasteiger partial charge on any atom is 0.408 e. The summed E-state index contributed by atoms with van der Waals surface area (Å²) in [5, 5.41) is 6.57. The zero-order chi connectivity index (χ0) is 23.4. The van der Waals surface area contributed by atoms with E-state index in [9.17, 15) is 9.59 Å². The lowest BCUT2D eigenvalue weighted by Crippen LogP contribution is -2.51. The number of esters is 1. The number of alkyl carbamates (subject to hydrolysis) is 1. The lowest BCUT2D eigenvalue weighted by atomic mass is 9.89. The third-order valence-electron chi connectivity index (χ3n) is 6.40. The van der Waals surface area contributed by atoms with Crippen molar-refractivity contribution in [1.82, 2.24) is 10.6 Å². The summed E-state index contributed by atoms with van der Waals surface area (Å²) in [4.78, 5) is 25.5. The van der Waals surface area contributed by atoms with Gasteiger partial charge in [-0.1, -0.05) is 44.6 Å². The van der Waals surface area contributed by atoms with E-state index < -0.39 is 17.7 Å². The minimum atomic E-state index is -0.675. The molecule has 0 heterocycles. The van der Waals surface area contributed by atoms with E-state index in [-0.39, 0.29) is 18.1 Å². The van der Waals surface area contributed by atoms with Gasteiger partial charge in [0.05, 0.1) is 0 Å². The molecule has 0 radical (unpaired) electrons. The summed E-state index contributed by atoms with van der Waals surface area (Å²) in [7, 11) is 0. The number of hydrogen-bond acceptors (Lipinski definition) is 5. The minimum absolute atomic E-state index is 0.123. The van der Waals surface area contributed by atoms with Gasteiger partial charge < -0.3 is 20.1 Å². The Kier molecular flexibility index (Phi) is 11.6. The molecule has 6 heteroatoms. The molecule has 0 aromatic heterocycles. The molecule has 1 amide bonds. The Morgan fingerprint density at radius 3 is 2.38 bits per heavy atom. The number of carbonyl (C=O) groups excluding carboxylic acids is 2. The number of amides is 1. The van der Waals surface area contributed by atoms with Crippen molar-refractivity contribution in [2.75, 3.05) is 0 Å². The highest BCUT2D eigenvalue weighted by Crippen LogP contribution is 2.25. The van der Waals surface area contributed by atoms with E-state index in [2.05, 4.69) is 17.2 Å². The molecule has 2 saturated carbocycles. The van der Waals surface area contributed by atoms with Crippen LogP contribution in [0, 0.1) is 0 Å². The van der Waals surface area contributed by atoms with Crippen LogP contribution in [0.1, 0.15) is 111 Å². The van der Waals surface area contributed by atoms with Gasteiger partial charge in [-0.15, -0.1) is 6.58 Å². The second-order valence-corrected chi connectivity index (χ2v) is 10.5. The average molecular weight is 451 g/mol. The highest BCUT2D eigenvalue weighted by Gasteiger charge is 2.33. The van der Waals surface area contributed by atoms with Crippen molar-refractivity contribution in [2.24, 2.45) is 0 Å². The molecular weight excluding hydrogens is 404 g/mol. The zero-order valence-electron chi connectivity index (χ0n) is 20.6. The summed E-state index contributed by atoms with van der Waals surface area (Å²) < 4.78 is 11.4. The first-order chi connectivity index (χ1) is 15.3. The number of carbonyl (C=O) groups is 2. The maximum atomic E-state index is 13.1. The number of hydrogen-bond donors (Lipinski definition) is 2. The van der Waals surface area contributed by atoms with Crippen LogP contribution in [0.15, 0.2) is 12.7 Å². The molecule has 3 atom stereocenters. The number of rotatable bonds is 11. The fourth-order valence-corrected chi connectivity index (χ4v) is 4.74. The number of unbranched alkanes of at least 4 members (excludes halogenated alkanes) is 3. The first-order valence-electron chi connectivity index (χ1n) is 12.9. The van der Waals surface area contributed by atoms with E-state index in [0.717, 1.165) is 44.9 Å². The van der Waals surface area contributed by atoms with Crippen molar-refractivity contribution in [3.8, 4) is 0 Å². The molecule has 2 fully saturated rings. The fourth-order valence-electron chi connectivity index (χ4n) is 4.74. The molecule has 32 heavy (non-hydrogen) atoms. The van der Waals surface area contributed by atoms with Crippen LogP contribution in [0.2, 0.25) is 0 Å². The molecule has 0 aromatic rings. The molecule has 0 bridgehead atoms. The Morgan fingerprint density at radius 1 is 1.00 bits per heavy atom. The fraction of sp³-hybridized carbons (Fsp3) is 0.846. The second-order valence-electron chi connectivity index (χ2n) is 10.5. The molecule has 0 saturated heterocycles. The number of ether oxygens (including phenoxy) is 2. The molecule has 184 valence electrons. The Balaban J connectivity index is 1.94. The quantitative estimate of drug-likeness (QED) is 0.237. The lowest BCUT2D eigenvalue weighted by molar-refractivity contribution is -0.155. The van der Waals surface area contributed by atoms with E-state index >= 15 is 0 Å². The van der Waals surface area contributed by atoms with Crippen molar-refractivity contribution < 1.29 is 19.1 Å². The highest BCUT2D eigenvalue weighted by atomic mass is 16.6. The summed E-state index contributed by atoms with van der Waals surface area (Å²) in [6, 6.07) is 0.0741. The Bertz CT molecular complexity index is 581. The lowest BCUT2D eigenvalue weighted by Gasteiger charge is -2.36. The van der Waals surface area contributed by atoms with Gasteiger partial charge >= 0.3 is 12.1 Å². The van der Waals surface area contributed by atoms with Gasteiger partial charge in [0.2, 0.25) is 0 Å². The van der Waals surface area contributed by atoms with Crippen molar-refractivity contribution in [3.63, 3.8) is 0 Å². The zero-order valence-corrected chi connectivity index (χ0v) is 20.6. The molecule has 2 N–H and O–H groups in total. The molecule has 0 aliphatic heterocycles. The van der Waals surface area contributed by atoms with Crippen molar-refractivity contribution in [2.45, 2.75) is 140 Å². The van der Waals surface area contributed by atoms with Gasteiger partial charge in [0.1, 0.15) is 17.7 Å². The number of allylic oxidation sites excluding steroid dienone is 1. The smallest absolute Gasteiger partial charge is 0.408 e. The van der Waals surface area contributed by atoms with Crippen LogP contribution < -0.4 is 10.6 Å². The van der Waals surface area contributed by atoms with Crippen molar-refractivity contribution in [3.05, 3.63) is 12.7 Å². The van der Waals surface area contributed by atoms with E-state index in [1.807, 2.05) is 26.8 Å². The van der Waals surface area contributed by atoms with Gasteiger partial charge in [-0.25, -0.2) is 9.59 Å². The molecule has 2 unspecified atom stereocenters. The minimum Gasteiger partial charge on any atom is -0.459 e. The van der Waals surface area contributed by atoms with Crippen LogP contribution in [-0.4, -0.2) is 41.9 Å². The van der Waals surface area contributed by atoms with Crippen molar-refractivity contribution in [1.29, 1.82) is 0 Å². The largest absolute Gasteiger partial charge is 0.459 e. The van der Waals surface area contributed by atoms with E-state index in [4.69, 9.17) is 9.47 Å². The SMILES string of the molecule is C=CCCCCC[C@H](NC(=O)OC(C)(C)C)C(=O)OC1CCCCC1NC1CCCCC1. The molecule has 2 rings (SSSR count). The average Bonchev–Trinajstić information content (AvgIpc) is 2.73. The second kappa shape index (κ2) is 13.9. The number of nitrogens with one attached hydrogen (secondary N) is 2. The van der Waals surface area contributed by atoms with Crippen LogP contribution in [0.3, 0.4) is 0 Å². The third kappa shape index (κ3) is 10.4. The normalized spacial score (nSPS) is 23.2. The molecule has 0 aromatic carbocycles. The van der Waals surface area contributed by atoms with Gasteiger partial charge in [0, 0.05) is 12.1 Å². The topological polar surface area (TPSA) is 76.7 Å². The third-order valence-corrected chi connectivity index (χ3v) is 6.40. The Morgan fingerprint density at radius 2 is 1.69 bits per heavy atom. The summed E-state index contributed by atoms with van der Waals surface area (Å²) >= 11 is 0. The van der Waals surface area contributed by atoms with Gasteiger partial charge in [-0.05, 0) is 72.1 Å². The first kappa shape index (κ1) is 26.7. The first-order valence-corrected chi connectivity index (χ1v) is 12.9. The van der Waals surface area contributed by atoms with Crippen LogP contribution in [0.25, 0.3) is 0 Å². The standard InChI is InChI=1S/C26H46N2O4/c1-5-6-7-8-12-18-22(28-25(30)32-26(2,3)4)24(29)31-23-19-14-13-17-21(23)27-20-15-10-9-11-16-20/h5,20-23,27H,1,6-19H2,2-4H3,(H,28,30)/t21?,22-,23?/m0/s1. The van der Waals surface area contributed by atoms with Crippen LogP contribution in [0.4, 0.5) is 4.79 Å². The Labute approximate surface area is 195 Å². The summed E-state index contributed by atoms with van der Waals surface area (Å²) in [5.41, 5.74) is -0.610. The maximum absolute atomic E-state index is 13.1. The monoisotopic (exact) mass is 450 g/mol. The van der Waals surface area contributed by atoms with Crippen LogP contribution >= 0.6 is 0 Å². The highest BCUT2D eigenvalue weighted by molar-refractivity contribution is 5.81. The predicted octanol–water partition coefficient (Wildman–Crippen LogP) is 5.79. The molecule has 2 aliphatic rings. The van der Waals surface area contributed by atoms with E-state index in [1.54, 1.807) is 0 Å². The summed E-state index contributed by atoms with van der Waals surface area (Å²) in [6.07, 6.45) is 16.1. The Hall–Kier alpha value is -1.56. The van der Waals surface area contributed by atoms with E-state index in [0.29, 0.717) is 12.5 Å². The van der Waals surface area contributed by atoms with Gasteiger partial charge in [0.25, 0.3) is 0 Å². The summed E-state index contributed by atoms with van der Waals surface area (Å²) in [6.45, 7) is 9.21. The van der Waals surface area contributed by atoms with Gasteiger partial charge in [-0.3, -0.25) is 0 Å². The van der Waals surface area contributed by atoms with Gasteiger partial charge in [-0.2, -0.15) is 0 Å². The van der Waals surface area contributed by atoms with Crippen molar-refractivity contribution >= 4 is 12.1 Å². The van der Waals surface area contributed by atoms with E-state index in [1.165, 1.54) is 38.5 Å². The van der Waals surface area contributed by atoms with Crippen LogP contribution in [-0.2, 0) is 14.3 Å². The summed E-state index contributed by atoms with van der Waals surface area (Å²) in [5.74, 6) is -0.332. The molecular formula is C26H46N2O4. The molecule has 6 nitrogen and oxygen atoms in total. The van der Waals surface area contributed by atoms with Gasteiger partial charge in [0.15, 0.2) is 0 Å². The van der Waals surface area contributed by atoms with Crippen LogP contribution in [0.5, 0.6) is 0 Å². The molecule has 0 spiro atoms. The molecule has 2 aliphatic carbocycles. The predicted molar refractivity (Wildman–Crippen MR) is 129 cm³/mol.